The Labute approximate surface area is 171 Å². The van der Waals surface area contributed by atoms with E-state index in [1.165, 1.54) is 16.8 Å². The van der Waals surface area contributed by atoms with Gasteiger partial charge in [0.15, 0.2) is 5.82 Å². The van der Waals surface area contributed by atoms with E-state index in [1.807, 2.05) is 31.2 Å². The van der Waals surface area contributed by atoms with Crippen LogP contribution in [-0.4, -0.2) is 20.7 Å². The quantitative estimate of drug-likeness (QED) is 0.501. The van der Waals surface area contributed by atoms with Crippen molar-refractivity contribution in [3.05, 3.63) is 95.0 Å². The van der Waals surface area contributed by atoms with Crippen molar-refractivity contribution in [2.75, 3.05) is 5.32 Å². The fourth-order valence-corrected chi connectivity index (χ4v) is 2.97. The highest BCUT2D eigenvalue weighted by Crippen LogP contribution is 2.24. The summed E-state index contributed by atoms with van der Waals surface area (Å²) in [4.78, 5) is 17.2. The summed E-state index contributed by atoms with van der Waals surface area (Å²) in [5, 5.41) is 7.79. The second-order valence-electron chi connectivity index (χ2n) is 6.42. The molecule has 1 amide bonds. The summed E-state index contributed by atoms with van der Waals surface area (Å²) >= 11 is 5.99. The molecule has 5 nitrogen and oxygen atoms in total. The van der Waals surface area contributed by atoms with Crippen molar-refractivity contribution < 1.29 is 9.18 Å². The number of aromatic nitrogens is 3. The van der Waals surface area contributed by atoms with Gasteiger partial charge < -0.3 is 5.32 Å². The minimum Gasteiger partial charge on any atom is -0.319 e. The summed E-state index contributed by atoms with van der Waals surface area (Å²) in [5.74, 6) is -0.347. The number of benzene rings is 3. The lowest BCUT2D eigenvalue weighted by atomic mass is 10.2. The van der Waals surface area contributed by atoms with Gasteiger partial charge in [0.2, 0.25) is 5.82 Å². The molecule has 1 aromatic heterocycles. The average molecular weight is 407 g/mol. The van der Waals surface area contributed by atoms with Crippen LogP contribution >= 0.6 is 11.6 Å². The molecule has 0 spiro atoms. The SMILES string of the molecule is Cc1ccccc1NC(=O)c1nc(-c2ccc(Cl)cc2)n(-c2ccc(F)cc2)n1. The Bertz CT molecular complexity index is 1110. The molecule has 4 aromatic rings. The number of para-hydroxylation sites is 1. The summed E-state index contributed by atoms with van der Waals surface area (Å²) in [7, 11) is 0. The summed E-state index contributed by atoms with van der Waals surface area (Å²) < 4.78 is 14.9. The number of anilines is 1. The van der Waals surface area contributed by atoms with Crippen molar-refractivity contribution in [3.63, 3.8) is 0 Å². The molecule has 0 saturated heterocycles. The number of rotatable bonds is 4. The molecule has 1 N–H and O–H groups in total. The van der Waals surface area contributed by atoms with E-state index in [9.17, 15) is 9.18 Å². The molecule has 4 rings (SSSR count). The second-order valence-corrected chi connectivity index (χ2v) is 6.86. The van der Waals surface area contributed by atoms with Crippen molar-refractivity contribution in [2.24, 2.45) is 0 Å². The summed E-state index contributed by atoms with van der Waals surface area (Å²) in [6.45, 7) is 1.90. The number of nitrogens with zero attached hydrogens (tertiary/aromatic N) is 3. The fourth-order valence-electron chi connectivity index (χ4n) is 2.85. The standard InChI is InChI=1S/C22H16ClFN4O/c1-14-4-2-3-5-19(14)25-22(29)20-26-21(15-6-8-16(23)9-7-15)28(27-20)18-12-10-17(24)11-13-18/h2-13H,1H3,(H,25,29). The van der Waals surface area contributed by atoms with E-state index < -0.39 is 5.91 Å². The number of halogens is 2. The molecule has 0 saturated carbocycles. The molecule has 144 valence electrons. The molecule has 0 radical (unpaired) electrons. The number of hydrogen-bond acceptors (Lipinski definition) is 3. The number of carbonyl (C=O) groups is 1. The van der Waals surface area contributed by atoms with Gasteiger partial charge in [0.05, 0.1) is 5.69 Å². The Hall–Kier alpha value is -3.51. The van der Waals surface area contributed by atoms with E-state index in [4.69, 9.17) is 11.6 Å². The molecule has 7 heteroatoms. The molecular weight excluding hydrogens is 391 g/mol. The lowest BCUT2D eigenvalue weighted by molar-refractivity contribution is 0.101. The third kappa shape index (κ3) is 4.02. The predicted octanol–water partition coefficient (Wildman–Crippen LogP) is 5.29. The smallest absolute Gasteiger partial charge is 0.295 e. The van der Waals surface area contributed by atoms with Gasteiger partial charge in [-0.15, -0.1) is 5.10 Å². The normalized spacial score (nSPS) is 10.7. The largest absolute Gasteiger partial charge is 0.319 e. The van der Waals surface area contributed by atoms with Crippen molar-refractivity contribution >= 4 is 23.2 Å². The first-order chi connectivity index (χ1) is 14.0. The zero-order valence-electron chi connectivity index (χ0n) is 15.4. The topological polar surface area (TPSA) is 59.8 Å². The van der Waals surface area contributed by atoms with Crippen LogP contribution in [0.2, 0.25) is 5.02 Å². The minimum atomic E-state index is -0.435. The van der Waals surface area contributed by atoms with E-state index in [0.29, 0.717) is 22.2 Å². The molecule has 0 aliphatic rings. The Morgan fingerprint density at radius 2 is 1.69 bits per heavy atom. The maximum Gasteiger partial charge on any atom is 0.295 e. The van der Waals surface area contributed by atoms with Crippen LogP contribution in [0.5, 0.6) is 0 Å². The maximum absolute atomic E-state index is 13.4. The van der Waals surface area contributed by atoms with Crippen LogP contribution in [0.4, 0.5) is 10.1 Å². The third-order valence-electron chi connectivity index (χ3n) is 4.38. The molecule has 0 aliphatic heterocycles. The first kappa shape index (κ1) is 18.8. The van der Waals surface area contributed by atoms with Gasteiger partial charge in [-0.25, -0.2) is 14.1 Å². The fraction of sp³-hybridized carbons (Fsp3) is 0.0455. The van der Waals surface area contributed by atoms with Crippen molar-refractivity contribution in [3.8, 4) is 17.1 Å². The maximum atomic E-state index is 13.4. The van der Waals surface area contributed by atoms with E-state index in [0.717, 1.165) is 11.1 Å². The molecule has 3 aromatic carbocycles. The van der Waals surface area contributed by atoms with Gasteiger partial charge in [-0.05, 0) is 67.1 Å². The van der Waals surface area contributed by atoms with Gasteiger partial charge in [0, 0.05) is 16.3 Å². The number of carbonyl (C=O) groups excluding carboxylic acids is 1. The number of amides is 1. The molecule has 0 unspecified atom stereocenters. The van der Waals surface area contributed by atoms with Crippen molar-refractivity contribution in [1.82, 2.24) is 14.8 Å². The Kier molecular flexibility index (Phi) is 5.10. The highest BCUT2D eigenvalue weighted by Gasteiger charge is 2.19. The monoisotopic (exact) mass is 406 g/mol. The predicted molar refractivity (Wildman–Crippen MR) is 111 cm³/mol. The van der Waals surface area contributed by atoms with Crippen LogP contribution in [0.1, 0.15) is 16.2 Å². The van der Waals surface area contributed by atoms with Crippen LogP contribution in [0.25, 0.3) is 17.1 Å². The summed E-state index contributed by atoms with van der Waals surface area (Å²) in [6, 6.07) is 20.3. The van der Waals surface area contributed by atoms with Gasteiger partial charge in [-0.3, -0.25) is 4.79 Å². The van der Waals surface area contributed by atoms with Crippen molar-refractivity contribution in [1.29, 1.82) is 0 Å². The van der Waals surface area contributed by atoms with Crippen LogP contribution in [0.3, 0.4) is 0 Å². The van der Waals surface area contributed by atoms with E-state index in [2.05, 4.69) is 15.4 Å². The van der Waals surface area contributed by atoms with Crippen LogP contribution in [0, 0.1) is 12.7 Å². The first-order valence-corrected chi connectivity index (χ1v) is 9.25. The zero-order chi connectivity index (χ0) is 20.4. The molecule has 0 atom stereocenters. The third-order valence-corrected chi connectivity index (χ3v) is 4.63. The van der Waals surface area contributed by atoms with Gasteiger partial charge >= 0.3 is 0 Å². The van der Waals surface area contributed by atoms with Gasteiger partial charge in [0.1, 0.15) is 5.82 Å². The Morgan fingerprint density at radius 1 is 1.00 bits per heavy atom. The van der Waals surface area contributed by atoms with Crippen LogP contribution in [-0.2, 0) is 0 Å². The molecule has 0 bridgehead atoms. The summed E-state index contributed by atoms with van der Waals surface area (Å²) in [5.41, 5.74) is 2.92. The lowest BCUT2D eigenvalue weighted by Crippen LogP contribution is -2.15. The Balaban J connectivity index is 1.76. The van der Waals surface area contributed by atoms with Gasteiger partial charge in [-0.1, -0.05) is 29.8 Å². The molecule has 0 fully saturated rings. The highest BCUT2D eigenvalue weighted by atomic mass is 35.5. The average Bonchev–Trinajstić information content (AvgIpc) is 3.16. The second kappa shape index (κ2) is 7.85. The first-order valence-electron chi connectivity index (χ1n) is 8.87. The molecule has 0 aliphatic carbocycles. The lowest BCUT2D eigenvalue weighted by Gasteiger charge is -2.06. The Morgan fingerprint density at radius 3 is 2.38 bits per heavy atom. The molecule has 29 heavy (non-hydrogen) atoms. The van der Waals surface area contributed by atoms with Gasteiger partial charge in [-0.2, -0.15) is 0 Å². The van der Waals surface area contributed by atoms with E-state index in [-0.39, 0.29) is 11.6 Å². The zero-order valence-corrected chi connectivity index (χ0v) is 16.2. The van der Waals surface area contributed by atoms with Crippen molar-refractivity contribution in [2.45, 2.75) is 6.92 Å². The van der Waals surface area contributed by atoms with E-state index in [1.54, 1.807) is 36.4 Å². The number of aryl methyl sites for hydroxylation is 1. The minimum absolute atomic E-state index is 0.00234. The summed E-state index contributed by atoms with van der Waals surface area (Å²) in [6.07, 6.45) is 0. The van der Waals surface area contributed by atoms with Crippen LogP contribution in [0.15, 0.2) is 72.8 Å². The number of nitrogens with one attached hydrogen (secondary N) is 1. The van der Waals surface area contributed by atoms with Gasteiger partial charge in [0.25, 0.3) is 5.91 Å². The van der Waals surface area contributed by atoms with E-state index >= 15 is 0 Å². The molecular formula is C22H16ClFN4O. The molecule has 1 heterocycles. The van der Waals surface area contributed by atoms with Crippen LogP contribution < -0.4 is 5.32 Å². The number of hydrogen-bond donors (Lipinski definition) is 1. The highest BCUT2D eigenvalue weighted by molar-refractivity contribution is 6.30.